The summed E-state index contributed by atoms with van der Waals surface area (Å²) in [6.07, 6.45) is 7.19. The van der Waals surface area contributed by atoms with Crippen molar-refractivity contribution >= 4 is 14.7 Å². The third-order valence-corrected chi connectivity index (χ3v) is 9.73. The van der Waals surface area contributed by atoms with E-state index in [-0.39, 0.29) is 25.2 Å². The minimum Gasteiger partial charge on any atom is -0.508 e. The van der Waals surface area contributed by atoms with Gasteiger partial charge in [-0.25, -0.2) is 19.8 Å². The molecular formula is C56H83N2O14P. The highest BCUT2D eigenvalue weighted by Gasteiger charge is 2.38. The second-order valence-corrected chi connectivity index (χ2v) is 16.5. The smallest absolute Gasteiger partial charge is 0.358 e. The standard InChI is InChI=1S/C11H14O2.C10H14O2.C10H14O.2C9H13NO2.C7H14O2.HO3P/c1-3-13-11(12)8-10-6-4-9(2)5-7-10;1-3-11-8-12-10-6-4-5-9(2)7-10;1-4-9-8(3)5-7(2)6-10(9)11;2*1-3-11-7-12-9-5-4-8(2)6-10-9;1-3-8-6-9-7(2)4-5-7;1-3-4-2/h4-7H,3,8H2,1-2H3;4-7H,3,8H2,1-2H3;5-6,11H,4H2,1-3H3;2*4-6H,3,7H2,1-2H3;3-6H2,1-2H3;1H. The van der Waals surface area contributed by atoms with E-state index in [0.29, 0.717) is 63.9 Å². The van der Waals surface area contributed by atoms with Crippen LogP contribution in [0.1, 0.15) is 106 Å². The molecular weight excluding hydrogens is 956 g/mol. The van der Waals surface area contributed by atoms with E-state index in [2.05, 4.69) is 34.6 Å². The van der Waals surface area contributed by atoms with Crippen LogP contribution in [0.5, 0.6) is 23.3 Å². The van der Waals surface area contributed by atoms with Crippen molar-refractivity contribution in [3.63, 3.8) is 0 Å². The monoisotopic (exact) mass is 1040 g/mol. The lowest BCUT2D eigenvalue weighted by Gasteiger charge is -2.08. The molecule has 1 fully saturated rings. The third-order valence-electron chi connectivity index (χ3n) is 9.66. The maximum Gasteiger partial charge on any atom is 0.358 e. The molecule has 17 heteroatoms. The highest BCUT2D eigenvalue weighted by molar-refractivity contribution is 7.17. The fourth-order valence-corrected chi connectivity index (χ4v) is 5.46. The highest BCUT2D eigenvalue weighted by Crippen LogP contribution is 2.38. The Hall–Kier alpha value is -5.55. The van der Waals surface area contributed by atoms with Gasteiger partial charge >= 0.3 is 14.7 Å². The van der Waals surface area contributed by atoms with Gasteiger partial charge in [-0.1, -0.05) is 67.1 Å². The molecule has 1 aliphatic carbocycles. The van der Waals surface area contributed by atoms with Gasteiger partial charge in [0.25, 0.3) is 0 Å². The Morgan fingerprint density at radius 1 is 0.603 bits per heavy atom. The number of carbonyl (C=O) groups excluding carboxylic acids is 1. The number of rotatable bonds is 21. The van der Waals surface area contributed by atoms with Crippen molar-refractivity contribution in [1.29, 1.82) is 0 Å². The molecule has 2 N–H and O–H groups in total. The van der Waals surface area contributed by atoms with E-state index in [0.717, 1.165) is 46.6 Å². The molecule has 2 heterocycles. The van der Waals surface area contributed by atoms with Crippen molar-refractivity contribution in [3.05, 3.63) is 142 Å². The number of ether oxygens (including phenoxy) is 9. The second-order valence-electron chi connectivity index (χ2n) is 16.2. The first-order valence-electron chi connectivity index (χ1n) is 24.4. The van der Waals surface area contributed by atoms with E-state index >= 15 is 0 Å². The molecule has 0 spiro atoms. The van der Waals surface area contributed by atoms with Crippen LogP contribution in [0.4, 0.5) is 0 Å². The first kappa shape index (κ1) is 67.5. The average molecular weight is 1040 g/mol. The predicted molar refractivity (Wildman–Crippen MR) is 286 cm³/mol. The molecule has 0 bridgehead atoms. The van der Waals surface area contributed by atoms with Crippen LogP contribution in [-0.2, 0) is 55.3 Å². The molecule has 0 atom stereocenters. The molecule has 0 saturated heterocycles. The minimum absolute atomic E-state index is 0.161. The van der Waals surface area contributed by atoms with Crippen LogP contribution in [0.25, 0.3) is 0 Å². The highest BCUT2D eigenvalue weighted by atomic mass is 31.1. The number of benzene rings is 3. The van der Waals surface area contributed by atoms with Gasteiger partial charge in [0.15, 0.2) is 20.4 Å². The summed E-state index contributed by atoms with van der Waals surface area (Å²) >= 11 is 0. The van der Waals surface area contributed by atoms with Crippen molar-refractivity contribution in [2.24, 2.45) is 0 Å². The number of phenolic OH excluding ortho intramolecular Hbond substituents is 1. The van der Waals surface area contributed by atoms with Crippen molar-refractivity contribution < 1.29 is 67.0 Å². The number of aromatic hydroxyl groups is 1. The zero-order valence-corrected chi connectivity index (χ0v) is 46.5. The summed E-state index contributed by atoms with van der Waals surface area (Å²) < 4.78 is 57.7. The van der Waals surface area contributed by atoms with Crippen LogP contribution in [0, 0.1) is 41.5 Å². The van der Waals surface area contributed by atoms with Crippen molar-refractivity contribution in [1.82, 2.24) is 9.97 Å². The van der Waals surface area contributed by atoms with Gasteiger partial charge in [0.2, 0.25) is 11.8 Å². The van der Waals surface area contributed by atoms with Crippen molar-refractivity contribution in [3.8, 4) is 23.3 Å². The summed E-state index contributed by atoms with van der Waals surface area (Å²) in [5.41, 5.74) is 9.20. The van der Waals surface area contributed by atoms with Crippen LogP contribution in [0.15, 0.2) is 97.3 Å². The zero-order chi connectivity index (χ0) is 54.7. The van der Waals surface area contributed by atoms with Gasteiger partial charge < -0.3 is 47.7 Å². The number of esters is 1. The summed E-state index contributed by atoms with van der Waals surface area (Å²) in [6, 6.07) is 27.3. The van der Waals surface area contributed by atoms with E-state index in [4.69, 9.17) is 52.5 Å². The topological polar surface area (TPSA) is 193 Å². The summed E-state index contributed by atoms with van der Waals surface area (Å²) in [6.45, 7) is 30.3. The molecule has 0 amide bonds. The Balaban J connectivity index is 0.000000841. The number of hydrogen-bond acceptors (Lipinski definition) is 16. The molecule has 16 nitrogen and oxygen atoms in total. The Labute approximate surface area is 436 Å². The van der Waals surface area contributed by atoms with E-state index in [1.165, 1.54) is 29.5 Å². The number of carbonyl (C=O) groups is 1. The largest absolute Gasteiger partial charge is 0.508 e. The fourth-order valence-electron chi connectivity index (χ4n) is 5.46. The van der Waals surface area contributed by atoms with Gasteiger partial charge in [0.05, 0.1) is 18.6 Å². The molecule has 73 heavy (non-hydrogen) atoms. The first-order valence-corrected chi connectivity index (χ1v) is 25.1. The fraction of sp³-hybridized carbons (Fsp3) is 0.482. The number of nitrogens with zero attached hydrogens (tertiary/aromatic N) is 2. The zero-order valence-electron chi connectivity index (χ0n) is 45.6. The Morgan fingerprint density at radius 2 is 1.10 bits per heavy atom. The molecule has 3 aromatic carbocycles. The number of hydrogen-bond donors (Lipinski definition) is 2. The molecule has 1 saturated carbocycles. The normalized spacial score (nSPS) is 11.3. The molecule has 2 aromatic heterocycles. The Morgan fingerprint density at radius 3 is 1.51 bits per heavy atom. The van der Waals surface area contributed by atoms with Gasteiger partial charge in [-0.15, -0.1) is 4.67 Å². The summed E-state index contributed by atoms with van der Waals surface area (Å²) in [4.78, 5) is 19.2. The number of aryl methyl sites for hydroxylation is 6. The second kappa shape index (κ2) is 42.9. The lowest BCUT2D eigenvalue weighted by atomic mass is 10.0. The molecule has 1 aliphatic rings. The summed E-state index contributed by atoms with van der Waals surface area (Å²) in [5.74, 6) is 2.35. The molecule has 0 unspecified atom stereocenters. The van der Waals surface area contributed by atoms with E-state index in [9.17, 15) is 9.90 Å². The number of pyridine rings is 2. The van der Waals surface area contributed by atoms with Gasteiger partial charge in [-0.2, -0.15) is 0 Å². The van der Waals surface area contributed by atoms with Gasteiger partial charge in [-0.3, -0.25) is 4.79 Å². The lowest BCUT2D eigenvalue weighted by molar-refractivity contribution is -0.142. The molecule has 406 valence electrons. The van der Waals surface area contributed by atoms with Gasteiger partial charge in [0, 0.05) is 51.0 Å². The number of phenols is 1. The molecule has 6 rings (SSSR count). The Bertz CT molecular complexity index is 2070. The van der Waals surface area contributed by atoms with Crippen LogP contribution >= 0.6 is 8.69 Å². The lowest BCUT2D eigenvalue weighted by Crippen LogP contribution is -2.11. The third kappa shape index (κ3) is 36.9. The average Bonchev–Trinajstić information content (AvgIpc) is 4.11. The van der Waals surface area contributed by atoms with Crippen molar-refractivity contribution in [2.75, 3.05) is 60.2 Å². The number of aromatic nitrogens is 2. The Kier molecular flexibility index (Phi) is 39.6. The predicted octanol–water partition coefficient (Wildman–Crippen LogP) is 12.8. The quantitative estimate of drug-likeness (QED) is 0.0176. The summed E-state index contributed by atoms with van der Waals surface area (Å²) in [5, 5.41) is 16.5. The van der Waals surface area contributed by atoms with E-state index < -0.39 is 8.69 Å². The van der Waals surface area contributed by atoms with Crippen LogP contribution in [-0.4, -0.2) is 92.1 Å². The maximum atomic E-state index is 11.1. The van der Waals surface area contributed by atoms with Crippen molar-refractivity contribution in [2.45, 2.75) is 121 Å². The van der Waals surface area contributed by atoms with E-state index in [1.807, 2.05) is 155 Å². The SMILES string of the molecule is CCOC(=O)Cc1ccc(C)cc1.CCOCOC1(C)CC1.CCOCOc1ccc(C)cn1.CCOCOc1ccc(C)cn1.CCOCOc1cccc(C)c1.CCc1c(C)cc(C)cc1O.O=POO. The van der Waals surface area contributed by atoms with Crippen LogP contribution < -0.4 is 14.2 Å². The maximum absolute atomic E-state index is 11.1. The van der Waals surface area contributed by atoms with Crippen LogP contribution in [0.2, 0.25) is 0 Å². The molecule has 0 aliphatic heterocycles. The van der Waals surface area contributed by atoms with Crippen LogP contribution in [0.3, 0.4) is 0 Å². The van der Waals surface area contributed by atoms with Gasteiger partial charge in [0.1, 0.15) is 18.3 Å². The molecule has 0 radical (unpaired) electrons. The van der Waals surface area contributed by atoms with Gasteiger partial charge in [-0.05, 0) is 159 Å². The van der Waals surface area contributed by atoms with E-state index in [1.54, 1.807) is 12.4 Å². The summed E-state index contributed by atoms with van der Waals surface area (Å²) in [7, 11) is -0.696. The molecule has 5 aromatic rings. The minimum atomic E-state index is -0.696. The first-order chi connectivity index (χ1) is 35.0.